The monoisotopic (exact) mass is 480 g/mol. The van der Waals surface area contributed by atoms with Gasteiger partial charge in [-0.05, 0) is 79.2 Å². The van der Waals surface area contributed by atoms with Crippen molar-refractivity contribution in [1.29, 1.82) is 0 Å². The molecule has 0 aromatic rings. The first-order chi connectivity index (χ1) is 12.3. The Morgan fingerprint density at radius 3 is 1.82 bits per heavy atom. The average Bonchev–Trinajstić information content (AvgIpc) is 2.43. The van der Waals surface area contributed by atoms with Crippen LogP contribution in [0, 0.1) is 0 Å². The molecule has 10 heteroatoms. The fraction of sp³-hybridized carbons (Fsp3) is 0.833. The molecule has 28 heavy (non-hydrogen) atoms. The second kappa shape index (κ2) is 10.5. The molecule has 0 radical (unpaired) electrons. The molecule has 0 aliphatic rings. The molecule has 0 fully saturated rings. The van der Waals surface area contributed by atoms with E-state index in [1.807, 2.05) is 6.92 Å². The quantitative estimate of drug-likeness (QED) is 0.184. The van der Waals surface area contributed by atoms with Gasteiger partial charge in [0.1, 0.15) is 11.1 Å². The Hall–Kier alpha value is 0.174. The van der Waals surface area contributed by atoms with E-state index >= 15 is 0 Å². The molecule has 0 aliphatic heterocycles. The maximum atomic E-state index is 12.2. The van der Waals surface area contributed by atoms with E-state index < -0.39 is 39.2 Å². The van der Waals surface area contributed by atoms with E-state index in [4.69, 9.17) is 17.7 Å². The highest BCUT2D eigenvalue weighted by Gasteiger charge is 2.46. The molecule has 0 aromatic heterocycles. The maximum absolute atomic E-state index is 12.2. The largest absolute Gasteiger partial charge is 0.457 e. The Morgan fingerprint density at radius 1 is 1.07 bits per heavy atom. The summed E-state index contributed by atoms with van der Waals surface area (Å²) in [6.07, 6.45) is 0.838. The molecule has 0 N–H and O–H groups in total. The Labute approximate surface area is 181 Å². The molecule has 2 atom stereocenters. The SMILES string of the molecule is C=C(C)C(=O)OC(C)(CC[SiH3])[SiH](C)O[Si](C)(C)C(O[Si](C)(C)C)O[Si](C)(C)C. The zero-order chi connectivity index (χ0) is 22.6. The summed E-state index contributed by atoms with van der Waals surface area (Å²) >= 11 is 0. The van der Waals surface area contributed by atoms with Gasteiger partial charge in [-0.1, -0.05) is 12.6 Å². The van der Waals surface area contributed by atoms with E-state index in [1.54, 1.807) is 6.92 Å². The summed E-state index contributed by atoms with van der Waals surface area (Å²) < 4.78 is 25.6. The van der Waals surface area contributed by atoms with Crippen LogP contribution in [0.2, 0.25) is 65.0 Å². The number of hydrogen-bond donors (Lipinski definition) is 0. The summed E-state index contributed by atoms with van der Waals surface area (Å²) in [7, 11) is -6.79. The molecule has 0 saturated heterocycles. The van der Waals surface area contributed by atoms with Crippen molar-refractivity contribution in [2.75, 3.05) is 0 Å². The zero-order valence-electron chi connectivity index (χ0n) is 20.3. The molecule has 2 unspecified atom stereocenters. The van der Waals surface area contributed by atoms with Gasteiger partial charge in [-0.2, -0.15) is 0 Å². The summed E-state index contributed by atoms with van der Waals surface area (Å²) in [6, 6.07) is 1.06. The molecule has 0 amide bonds. The van der Waals surface area contributed by atoms with Crippen LogP contribution in [-0.2, 0) is 22.5 Å². The van der Waals surface area contributed by atoms with Gasteiger partial charge in [0.05, 0.1) is 0 Å². The summed E-state index contributed by atoms with van der Waals surface area (Å²) in [5.74, 6) is -0.619. The van der Waals surface area contributed by atoms with Crippen LogP contribution in [-0.4, -0.2) is 61.3 Å². The van der Waals surface area contributed by atoms with Crippen molar-refractivity contribution < 1.29 is 22.5 Å². The normalized spacial score (nSPS) is 16.7. The van der Waals surface area contributed by atoms with Crippen LogP contribution < -0.4 is 0 Å². The van der Waals surface area contributed by atoms with Crippen LogP contribution in [0.1, 0.15) is 20.3 Å². The lowest BCUT2D eigenvalue weighted by Crippen LogP contribution is -2.60. The number of carbonyl (C=O) groups is 1. The lowest BCUT2D eigenvalue weighted by Gasteiger charge is -2.43. The number of rotatable bonds is 12. The first-order valence-electron chi connectivity index (χ1n) is 10.3. The van der Waals surface area contributed by atoms with Crippen LogP contribution in [0.15, 0.2) is 12.2 Å². The topological polar surface area (TPSA) is 54.0 Å². The summed E-state index contributed by atoms with van der Waals surface area (Å²) in [5, 5.41) is -0.551. The Balaban J connectivity index is 5.64. The van der Waals surface area contributed by atoms with Crippen molar-refractivity contribution in [1.82, 2.24) is 0 Å². The lowest BCUT2D eigenvalue weighted by atomic mass is 10.3. The second-order valence-electron chi connectivity index (χ2n) is 10.4. The minimum Gasteiger partial charge on any atom is -0.457 e. The lowest BCUT2D eigenvalue weighted by molar-refractivity contribution is -0.147. The first-order valence-corrected chi connectivity index (χ1v) is 23.7. The standard InChI is InChI=1S/C18H44O5Si5/c1-15(2)16(19)20-18(3,13-14-24)25(4)23-28(11,12)17(21-26(5,6)7)22-27(8,9)10/h17,25H,1,13-14H2,2-12,24H3. The molecule has 0 spiro atoms. The van der Waals surface area contributed by atoms with Gasteiger partial charge in [0.15, 0.2) is 16.6 Å². The minimum atomic E-state index is -2.35. The third kappa shape index (κ3) is 10.3. The summed E-state index contributed by atoms with van der Waals surface area (Å²) in [4.78, 5) is 12.2. The Kier molecular flexibility index (Phi) is 10.5. The van der Waals surface area contributed by atoms with E-state index in [0.717, 1.165) is 22.7 Å². The maximum Gasteiger partial charge on any atom is 0.333 e. The number of ether oxygens (including phenoxy) is 1. The molecule has 0 heterocycles. The molecule has 0 rings (SSSR count). The number of esters is 1. The summed E-state index contributed by atoms with van der Waals surface area (Å²) in [5.41, 5.74) is 0.430. The minimum absolute atomic E-state index is 0.294. The van der Waals surface area contributed by atoms with E-state index in [1.165, 1.54) is 0 Å². The molecule has 166 valence electrons. The van der Waals surface area contributed by atoms with E-state index in [2.05, 4.69) is 65.5 Å². The van der Waals surface area contributed by atoms with Crippen LogP contribution in [0.25, 0.3) is 0 Å². The van der Waals surface area contributed by atoms with Gasteiger partial charge in [-0.15, -0.1) is 0 Å². The van der Waals surface area contributed by atoms with Crippen molar-refractivity contribution >= 4 is 50.2 Å². The van der Waals surface area contributed by atoms with Crippen molar-refractivity contribution in [3.05, 3.63) is 12.2 Å². The van der Waals surface area contributed by atoms with E-state index in [0.29, 0.717) is 5.57 Å². The van der Waals surface area contributed by atoms with Crippen molar-refractivity contribution in [2.24, 2.45) is 0 Å². The van der Waals surface area contributed by atoms with Crippen molar-refractivity contribution in [2.45, 2.75) is 96.4 Å². The molecule has 0 bridgehead atoms. The van der Waals surface area contributed by atoms with Crippen LogP contribution in [0.4, 0.5) is 0 Å². The van der Waals surface area contributed by atoms with Gasteiger partial charge < -0.3 is 17.7 Å². The van der Waals surface area contributed by atoms with Crippen LogP contribution in [0.5, 0.6) is 0 Å². The van der Waals surface area contributed by atoms with Gasteiger partial charge in [-0.3, -0.25) is 0 Å². The molecular weight excluding hydrogens is 437 g/mol. The third-order valence-electron chi connectivity index (χ3n) is 4.25. The molecule has 0 saturated carbocycles. The smallest absolute Gasteiger partial charge is 0.333 e. The molecule has 0 aliphatic carbocycles. The molecular formula is C18H44O5Si5. The zero-order valence-corrected chi connectivity index (χ0v) is 26.5. The van der Waals surface area contributed by atoms with Crippen molar-refractivity contribution in [3.63, 3.8) is 0 Å². The van der Waals surface area contributed by atoms with Crippen molar-refractivity contribution in [3.8, 4) is 0 Å². The second-order valence-corrected chi connectivity index (χ2v) is 27.4. The molecule has 0 aromatic carbocycles. The van der Waals surface area contributed by atoms with E-state index in [9.17, 15) is 4.79 Å². The number of hydrogen-bond acceptors (Lipinski definition) is 5. The first kappa shape index (κ1) is 28.2. The highest BCUT2D eigenvalue weighted by molar-refractivity contribution is 6.81. The Morgan fingerprint density at radius 2 is 1.50 bits per heavy atom. The van der Waals surface area contributed by atoms with Gasteiger partial charge in [0.2, 0.25) is 17.4 Å². The fourth-order valence-corrected chi connectivity index (χ4v) is 16.2. The average molecular weight is 481 g/mol. The molecule has 5 nitrogen and oxygen atoms in total. The van der Waals surface area contributed by atoms with Gasteiger partial charge in [-0.25, -0.2) is 4.79 Å². The third-order valence-corrected chi connectivity index (χ3v) is 14.4. The highest BCUT2D eigenvalue weighted by Crippen LogP contribution is 2.29. The van der Waals surface area contributed by atoms with E-state index in [-0.39, 0.29) is 11.9 Å². The van der Waals surface area contributed by atoms with Gasteiger partial charge in [0.25, 0.3) is 0 Å². The summed E-state index contributed by atoms with van der Waals surface area (Å²) in [6.45, 7) is 27.0. The predicted octanol–water partition coefficient (Wildman–Crippen LogP) is 3.72. The van der Waals surface area contributed by atoms with Crippen LogP contribution in [0.3, 0.4) is 0 Å². The van der Waals surface area contributed by atoms with Gasteiger partial charge in [0, 0.05) is 15.8 Å². The Bertz CT molecular complexity index is 525. The van der Waals surface area contributed by atoms with Gasteiger partial charge >= 0.3 is 5.97 Å². The highest BCUT2D eigenvalue weighted by atomic mass is 28.4. The fourth-order valence-electron chi connectivity index (χ4n) is 2.72. The number of carbonyl (C=O) groups excluding carboxylic acids is 1. The predicted molar refractivity (Wildman–Crippen MR) is 133 cm³/mol. The van der Waals surface area contributed by atoms with Crippen LogP contribution >= 0.6 is 0 Å².